The Balaban J connectivity index is 2.38. The maximum absolute atomic E-state index is 6.46. The van der Waals surface area contributed by atoms with Crippen molar-refractivity contribution in [2.45, 2.75) is 26.3 Å². The Labute approximate surface area is 129 Å². The van der Waals surface area contributed by atoms with Crippen LogP contribution in [0.25, 0.3) is 0 Å². The molecule has 0 bridgehead atoms. The lowest BCUT2D eigenvalue weighted by Gasteiger charge is -2.19. The zero-order valence-corrected chi connectivity index (χ0v) is 13.5. The van der Waals surface area contributed by atoms with Crippen molar-refractivity contribution >= 4 is 15.9 Å². The summed E-state index contributed by atoms with van der Waals surface area (Å²) in [5, 5.41) is 0. The fourth-order valence-electron chi connectivity index (χ4n) is 2.21. The molecular formula is C17H20BrNO. The minimum atomic E-state index is -0.180. The smallest absolute Gasteiger partial charge is 0.124 e. The summed E-state index contributed by atoms with van der Waals surface area (Å²) in [4.78, 5) is 0. The maximum Gasteiger partial charge on any atom is 0.124 e. The third-order valence-corrected chi connectivity index (χ3v) is 4.22. The van der Waals surface area contributed by atoms with Crippen LogP contribution in [0.15, 0.2) is 46.9 Å². The fraction of sp³-hybridized carbons (Fsp3) is 0.294. The van der Waals surface area contributed by atoms with Crippen LogP contribution in [0.5, 0.6) is 5.75 Å². The Kier molecular flexibility index (Phi) is 5.21. The summed E-state index contributed by atoms with van der Waals surface area (Å²) in [5.74, 6) is 0.876. The number of halogens is 1. The van der Waals surface area contributed by atoms with Crippen LogP contribution in [0, 0.1) is 6.92 Å². The first kappa shape index (κ1) is 15.1. The van der Waals surface area contributed by atoms with Gasteiger partial charge in [0.1, 0.15) is 5.75 Å². The molecule has 2 aromatic carbocycles. The van der Waals surface area contributed by atoms with Gasteiger partial charge in [0.2, 0.25) is 0 Å². The van der Waals surface area contributed by atoms with Crippen molar-refractivity contribution in [2.24, 2.45) is 5.73 Å². The van der Waals surface area contributed by atoms with Crippen LogP contribution in [-0.4, -0.2) is 6.61 Å². The summed E-state index contributed by atoms with van der Waals surface area (Å²) < 4.78 is 6.89. The van der Waals surface area contributed by atoms with E-state index >= 15 is 0 Å². The quantitative estimate of drug-likeness (QED) is 0.868. The minimum absolute atomic E-state index is 0.180. The Morgan fingerprint density at radius 3 is 2.55 bits per heavy atom. The summed E-state index contributed by atoms with van der Waals surface area (Å²) in [6.45, 7) is 4.89. The van der Waals surface area contributed by atoms with E-state index in [1.807, 2.05) is 36.4 Å². The zero-order valence-electron chi connectivity index (χ0n) is 11.9. The largest absolute Gasteiger partial charge is 0.493 e. The van der Waals surface area contributed by atoms with E-state index in [0.29, 0.717) is 6.61 Å². The second kappa shape index (κ2) is 6.91. The van der Waals surface area contributed by atoms with E-state index < -0.39 is 0 Å². The highest BCUT2D eigenvalue weighted by molar-refractivity contribution is 9.10. The molecule has 0 amide bonds. The second-order valence-corrected chi connectivity index (χ2v) is 5.67. The third kappa shape index (κ3) is 3.22. The Morgan fingerprint density at radius 1 is 1.10 bits per heavy atom. The summed E-state index contributed by atoms with van der Waals surface area (Å²) in [6.07, 6.45) is 0.986. The topological polar surface area (TPSA) is 35.2 Å². The average Bonchev–Trinajstić information content (AvgIpc) is 2.47. The van der Waals surface area contributed by atoms with E-state index in [9.17, 15) is 0 Å². The van der Waals surface area contributed by atoms with Crippen molar-refractivity contribution in [3.05, 3.63) is 63.6 Å². The van der Waals surface area contributed by atoms with Gasteiger partial charge in [0.25, 0.3) is 0 Å². The van der Waals surface area contributed by atoms with Gasteiger partial charge in [-0.3, -0.25) is 0 Å². The molecule has 0 saturated carbocycles. The number of nitrogens with two attached hydrogens (primary N) is 1. The molecule has 0 spiro atoms. The molecule has 20 heavy (non-hydrogen) atoms. The summed E-state index contributed by atoms with van der Waals surface area (Å²) >= 11 is 3.56. The van der Waals surface area contributed by atoms with Gasteiger partial charge in [0.15, 0.2) is 0 Å². The average molecular weight is 334 g/mol. The van der Waals surface area contributed by atoms with Crippen molar-refractivity contribution in [1.29, 1.82) is 0 Å². The van der Waals surface area contributed by atoms with E-state index in [1.54, 1.807) is 0 Å². The first-order valence-corrected chi connectivity index (χ1v) is 7.66. The number of para-hydroxylation sites is 1. The van der Waals surface area contributed by atoms with E-state index in [2.05, 4.69) is 35.8 Å². The zero-order chi connectivity index (χ0) is 14.5. The van der Waals surface area contributed by atoms with Crippen LogP contribution in [0.1, 0.15) is 36.1 Å². The normalized spacial score (nSPS) is 12.2. The molecule has 0 aliphatic rings. The summed E-state index contributed by atoms with van der Waals surface area (Å²) in [5.41, 5.74) is 9.78. The molecule has 0 aliphatic carbocycles. The molecule has 1 unspecified atom stereocenters. The lowest BCUT2D eigenvalue weighted by molar-refractivity contribution is 0.313. The molecule has 0 radical (unpaired) electrons. The van der Waals surface area contributed by atoms with Gasteiger partial charge in [0.05, 0.1) is 12.6 Å². The van der Waals surface area contributed by atoms with Crippen LogP contribution in [0.4, 0.5) is 0 Å². The van der Waals surface area contributed by atoms with E-state index in [4.69, 9.17) is 10.5 Å². The first-order valence-electron chi connectivity index (χ1n) is 6.87. The number of rotatable bonds is 5. The molecule has 106 valence electrons. The maximum atomic E-state index is 6.46. The van der Waals surface area contributed by atoms with Gasteiger partial charge in [-0.1, -0.05) is 53.2 Å². The van der Waals surface area contributed by atoms with Crippen LogP contribution >= 0.6 is 15.9 Å². The van der Waals surface area contributed by atoms with Crippen LogP contribution in [0.3, 0.4) is 0 Å². The predicted octanol–water partition coefficient (Wildman–Crippen LogP) is 4.59. The van der Waals surface area contributed by atoms with Crippen molar-refractivity contribution in [2.75, 3.05) is 6.61 Å². The predicted molar refractivity (Wildman–Crippen MR) is 87.1 cm³/mol. The molecule has 2 nitrogen and oxygen atoms in total. The molecule has 0 aromatic heterocycles. The van der Waals surface area contributed by atoms with Gasteiger partial charge in [0, 0.05) is 10.0 Å². The lowest BCUT2D eigenvalue weighted by atomic mass is 9.95. The Hall–Kier alpha value is -1.32. The van der Waals surface area contributed by atoms with Crippen LogP contribution in [-0.2, 0) is 0 Å². The van der Waals surface area contributed by atoms with Gasteiger partial charge < -0.3 is 10.5 Å². The first-order chi connectivity index (χ1) is 9.65. The number of hydrogen-bond acceptors (Lipinski definition) is 2. The van der Waals surface area contributed by atoms with E-state index in [-0.39, 0.29) is 6.04 Å². The lowest BCUT2D eigenvalue weighted by Crippen LogP contribution is -2.15. The van der Waals surface area contributed by atoms with Crippen molar-refractivity contribution in [3.63, 3.8) is 0 Å². The van der Waals surface area contributed by atoms with Gasteiger partial charge in [-0.25, -0.2) is 0 Å². The Morgan fingerprint density at radius 2 is 1.80 bits per heavy atom. The third-order valence-electron chi connectivity index (χ3n) is 3.36. The van der Waals surface area contributed by atoms with Crippen molar-refractivity contribution in [1.82, 2.24) is 0 Å². The van der Waals surface area contributed by atoms with E-state index in [1.165, 1.54) is 5.56 Å². The number of ether oxygens (including phenoxy) is 1. The molecule has 3 heteroatoms. The molecule has 0 heterocycles. The summed E-state index contributed by atoms with van der Waals surface area (Å²) in [6, 6.07) is 13.9. The highest BCUT2D eigenvalue weighted by Gasteiger charge is 2.16. The molecule has 0 saturated heterocycles. The van der Waals surface area contributed by atoms with Gasteiger partial charge in [-0.05, 0) is 36.6 Å². The molecular weight excluding hydrogens is 314 g/mol. The number of hydrogen-bond donors (Lipinski definition) is 1. The van der Waals surface area contributed by atoms with Crippen LogP contribution < -0.4 is 10.5 Å². The molecule has 0 fully saturated rings. The highest BCUT2D eigenvalue weighted by Crippen LogP contribution is 2.32. The standard InChI is InChI=1S/C17H20BrNO/c1-3-11-20-16-10-5-4-7-14(16)17(19)13-8-6-9-15(18)12(13)2/h4-10,17H,3,11,19H2,1-2H3. The molecule has 2 rings (SSSR count). The van der Waals surface area contributed by atoms with Gasteiger partial charge >= 0.3 is 0 Å². The minimum Gasteiger partial charge on any atom is -0.493 e. The summed E-state index contributed by atoms with van der Waals surface area (Å²) in [7, 11) is 0. The monoisotopic (exact) mass is 333 g/mol. The molecule has 2 aromatic rings. The second-order valence-electron chi connectivity index (χ2n) is 4.82. The SMILES string of the molecule is CCCOc1ccccc1C(N)c1cccc(Br)c1C. The van der Waals surface area contributed by atoms with Crippen LogP contribution in [0.2, 0.25) is 0 Å². The highest BCUT2D eigenvalue weighted by atomic mass is 79.9. The molecule has 1 atom stereocenters. The number of benzene rings is 2. The van der Waals surface area contributed by atoms with Crippen molar-refractivity contribution < 1.29 is 4.74 Å². The molecule has 2 N–H and O–H groups in total. The molecule has 0 aliphatic heterocycles. The van der Waals surface area contributed by atoms with Crippen molar-refractivity contribution in [3.8, 4) is 5.75 Å². The van der Waals surface area contributed by atoms with Gasteiger partial charge in [-0.2, -0.15) is 0 Å². The van der Waals surface area contributed by atoms with Gasteiger partial charge in [-0.15, -0.1) is 0 Å². The van der Waals surface area contributed by atoms with E-state index in [0.717, 1.165) is 27.8 Å². The Bertz CT molecular complexity index is 583. The fourth-order valence-corrected chi connectivity index (χ4v) is 2.59.